The van der Waals surface area contributed by atoms with Gasteiger partial charge in [0.2, 0.25) is 6.61 Å². The normalized spacial score (nSPS) is 10.3. The first-order valence-corrected chi connectivity index (χ1v) is 6.52. The maximum atomic E-state index is 10.8. The molecule has 0 unspecified atom stereocenters. The average molecular weight is 293 g/mol. The van der Waals surface area contributed by atoms with Crippen LogP contribution < -0.4 is 4.84 Å². The zero-order valence-corrected chi connectivity index (χ0v) is 11.4. The molecule has 0 fully saturated rings. The molecule has 2 aromatic carbocycles. The van der Waals surface area contributed by atoms with Gasteiger partial charge in [-0.1, -0.05) is 30.3 Å². The minimum atomic E-state index is -1.09. The number of hydrogen-bond acceptors (Lipinski definition) is 4. The minimum absolute atomic E-state index is 0.451. The summed E-state index contributed by atoms with van der Waals surface area (Å²) in [5.74, 6) is -0.593. The van der Waals surface area contributed by atoms with E-state index < -0.39 is 12.6 Å². The van der Waals surface area contributed by atoms with Crippen molar-refractivity contribution in [3.05, 3.63) is 54.1 Å². The Hall–Kier alpha value is -3.33. The summed E-state index contributed by atoms with van der Waals surface area (Å²) in [4.78, 5) is 20.6. The second-order valence-electron chi connectivity index (χ2n) is 4.58. The highest BCUT2D eigenvalue weighted by Gasteiger charge is 2.15. The number of benzene rings is 2. The molecule has 1 N–H and O–H groups in total. The summed E-state index contributed by atoms with van der Waals surface area (Å²) in [6.07, 6.45) is 0. The molecule has 0 amide bonds. The third-order valence-electron chi connectivity index (χ3n) is 3.09. The first-order chi connectivity index (χ1) is 10.7. The zero-order chi connectivity index (χ0) is 15.5. The molecule has 0 radical (unpaired) electrons. The van der Waals surface area contributed by atoms with Crippen LogP contribution in [0.15, 0.2) is 48.5 Å². The van der Waals surface area contributed by atoms with Gasteiger partial charge in [0.1, 0.15) is 5.52 Å². The van der Waals surface area contributed by atoms with Crippen LogP contribution in [0.3, 0.4) is 0 Å². The standard InChI is InChI=1S/C16H11N3O3/c17-9-11-6-7-13-14(8-11)19(22-10-15(20)21)16(18-13)12-4-2-1-3-5-12/h1-8H,10H2,(H,20,21). The van der Waals surface area contributed by atoms with Crippen LogP contribution in [0, 0.1) is 11.3 Å². The second-order valence-corrected chi connectivity index (χ2v) is 4.58. The molecule has 3 aromatic rings. The fourth-order valence-corrected chi connectivity index (χ4v) is 2.14. The second kappa shape index (κ2) is 5.58. The Kier molecular flexibility index (Phi) is 3.46. The van der Waals surface area contributed by atoms with Gasteiger partial charge in [-0.3, -0.25) is 0 Å². The van der Waals surface area contributed by atoms with Crippen molar-refractivity contribution in [1.82, 2.24) is 9.71 Å². The fraction of sp³-hybridized carbons (Fsp3) is 0.0625. The van der Waals surface area contributed by atoms with Gasteiger partial charge in [0.25, 0.3) is 0 Å². The van der Waals surface area contributed by atoms with Crippen LogP contribution in [0.5, 0.6) is 0 Å². The highest BCUT2D eigenvalue weighted by molar-refractivity contribution is 5.81. The van der Waals surface area contributed by atoms with Gasteiger partial charge in [0.05, 0.1) is 17.1 Å². The van der Waals surface area contributed by atoms with E-state index >= 15 is 0 Å². The van der Waals surface area contributed by atoms with Crippen molar-refractivity contribution in [2.75, 3.05) is 6.61 Å². The summed E-state index contributed by atoms with van der Waals surface area (Å²) in [5.41, 5.74) is 2.43. The number of carbonyl (C=O) groups is 1. The predicted molar refractivity (Wildman–Crippen MR) is 79.0 cm³/mol. The van der Waals surface area contributed by atoms with E-state index in [1.54, 1.807) is 18.2 Å². The Morgan fingerprint density at radius 3 is 2.73 bits per heavy atom. The van der Waals surface area contributed by atoms with E-state index in [-0.39, 0.29) is 0 Å². The van der Waals surface area contributed by atoms with Crippen LogP contribution in [0.25, 0.3) is 22.4 Å². The molecule has 0 aliphatic carbocycles. The van der Waals surface area contributed by atoms with Gasteiger partial charge in [-0.05, 0) is 18.2 Å². The molecular weight excluding hydrogens is 282 g/mol. The quantitative estimate of drug-likeness (QED) is 0.795. The molecule has 108 valence electrons. The molecule has 3 rings (SSSR count). The molecular formula is C16H11N3O3. The van der Waals surface area contributed by atoms with Gasteiger partial charge in [-0.15, -0.1) is 0 Å². The Morgan fingerprint density at radius 2 is 2.05 bits per heavy atom. The van der Waals surface area contributed by atoms with Crippen molar-refractivity contribution >= 4 is 17.0 Å². The lowest BCUT2D eigenvalue weighted by Crippen LogP contribution is -2.20. The zero-order valence-electron chi connectivity index (χ0n) is 11.4. The van der Waals surface area contributed by atoms with E-state index in [0.717, 1.165) is 5.56 Å². The number of imidazole rings is 1. The van der Waals surface area contributed by atoms with Crippen molar-refractivity contribution in [1.29, 1.82) is 5.26 Å². The van der Waals surface area contributed by atoms with E-state index in [1.807, 2.05) is 36.4 Å². The summed E-state index contributed by atoms with van der Waals surface area (Å²) in [5, 5.41) is 17.9. The number of nitriles is 1. The Bertz CT molecular complexity index is 879. The van der Waals surface area contributed by atoms with Crippen molar-refractivity contribution in [2.24, 2.45) is 0 Å². The molecule has 6 heteroatoms. The number of carboxylic acids is 1. The third kappa shape index (κ3) is 2.47. The molecule has 0 aliphatic heterocycles. The maximum Gasteiger partial charge on any atom is 0.344 e. The molecule has 0 atom stereocenters. The Labute approximate surface area is 125 Å². The van der Waals surface area contributed by atoms with E-state index in [9.17, 15) is 4.79 Å². The van der Waals surface area contributed by atoms with Gasteiger partial charge < -0.3 is 9.94 Å². The summed E-state index contributed by atoms with van der Waals surface area (Å²) < 4.78 is 1.36. The Balaban J connectivity index is 2.20. The summed E-state index contributed by atoms with van der Waals surface area (Å²) in [6, 6.07) is 16.3. The van der Waals surface area contributed by atoms with Crippen molar-refractivity contribution in [3.8, 4) is 17.5 Å². The van der Waals surface area contributed by atoms with Gasteiger partial charge in [-0.2, -0.15) is 9.99 Å². The molecule has 0 aliphatic rings. The lowest BCUT2D eigenvalue weighted by molar-refractivity contribution is -0.142. The van der Waals surface area contributed by atoms with Crippen LogP contribution in [-0.4, -0.2) is 27.4 Å². The number of hydrogen-bond donors (Lipinski definition) is 1. The highest BCUT2D eigenvalue weighted by atomic mass is 16.7. The predicted octanol–water partition coefficient (Wildman–Crippen LogP) is 2.09. The monoisotopic (exact) mass is 293 g/mol. The SMILES string of the molecule is N#Cc1ccc2nc(-c3ccccc3)n(OCC(=O)O)c2c1. The van der Waals surface area contributed by atoms with Crippen LogP contribution >= 0.6 is 0 Å². The smallest absolute Gasteiger partial charge is 0.344 e. The van der Waals surface area contributed by atoms with Crippen molar-refractivity contribution < 1.29 is 14.7 Å². The van der Waals surface area contributed by atoms with E-state index in [2.05, 4.69) is 4.98 Å². The van der Waals surface area contributed by atoms with E-state index in [4.69, 9.17) is 15.2 Å². The molecule has 0 saturated carbocycles. The minimum Gasteiger partial charge on any atom is -0.479 e. The Morgan fingerprint density at radius 1 is 1.27 bits per heavy atom. The molecule has 1 aromatic heterocycles. The number of aromatic nitrogens is 2. The third-order valence-corrected chi connectivity index (χ3v) is 3.09. The first-order valence-electron chi connectivity index (χ1n) is 6.52. The maximum absolute atomic E-state index is 10.8. The van der Waals surface area contributed by atoms with Gasteiger partial charge in [0.15, 0.2) is 5.82 Å². The van der Waals surface area contributed by atoms with Crippen LogP contribution in [0.1, 0.15) is 5.56 Å². The van der Waals surface area contributed by atoms with Crippen LogP contribution in [0.4, 0.5) is 0 Å². The van der Waals surface area contributed by atoms with Gasteiger partial charge in [-0.25, -0.2) is 9.78 Å². The fourth-order valence-electron chi connectivity index (χ4n) is 2.14. The highest BCUT2D eigenvalue weighted by Crippen LogP contribution is 2.24. The van der Waals surface area contributed by atoms with Gasteiger partial charge in [0, 0.05) is 5.56 Å². The summed E-state index contributed by atoms with van der Waals surface area (Å²) >= 11 is 0. The van der Waals surface area contributed by atoms with E-state index in [1.165, 1.54) is 4.73 Å². The van der Waals surface area contributed by atoms with Crippen molar-refractivity contribution in [3.63, 3.8) is 0 Å². The molecule has 1 heterocycles. The lowest BCUT2D eigenvalue weighted by Gasteiger charge is -2.09. The van der Waals surface area contributed by atoms with Crippen LogP contribution in [-0.2, 0) is 4.79 Å². The number of fused-ring (bicyclic) bond motifs is 1. The summed E-state index contributed by atoms with van der Waals surface area (Å²) in [6.45, 7) is -0.498. The molecule has 6 nitrogen and oxygen atoms in total. The number of nitrogens with zero attached hydrogens (tertiary/aromatic N) is 3. The molecule has 0 saturated heterocycles. The van der Waals surface area contributed by atoms with Crippen molar-refractivity contribution in [2.45, 2.75) is 0 Å². The number of aliphatic carboxylic acids is 1. The lowest BCUT2D eigenvalue weighted by atomic mass is 10.2. The molecule has 0 spiro atoms. The first kappa shape index (κ1) is 13.6. The number of rotatable bonds is 4. The topological polar surface area (TPSA) is 88.1 Å². The summed E-state index contributed by atoms with van der Waals surface area (Å²) in [7, 11) is 0. The van der Waals surface area contributed by atoms with E-state index in [0.29, 0.717) is 22.4 Å². The number of carboxylic acid groups (broad SMARTS) is 1. The average Bonchev–Trinajstić information content (AvgIpc) is 2.91. The van der Waals surface area contributed by atoms with Gasteiger partial charge >= 0.3 is 5.97 Å². The molecule has 0 bridgehead atoms. The van der Waals surface area contributed by atoms with Crippen LogP contribution in [0.2, 0.25) is 0 Å². The molecule has 22 heavy (non-hydrogen) atoms. The largest absolute Gasteiger partial charge is 0.479 e.